The van der Waals surface area contributed by atoms with E-state index in [1.807, 2.05) is 6.07 Å². The fourth-order valence-electron chi connectivity index (χ4n) is 2.29. The van der Waals surface area contributed by atoms with E-state index in [0.29, 0.717) is 0 Å². The minimum Gasteiger partial charge on any atom is -0.330 e. The Kier molecular flexibility index (Phi) is 2.32. The Morgan fingerprint density at radius 1 is 1.36 bits per heavy atom. The minimum atomic E-state index is 0.203. The zero-order chi connectivity index (χ0) is 10.3. The summed E-state index contributed by atoms with van der Waals surface area (Å²) < 4.78 is 0. The summed E-state index contributed by atoms with van der Waals surface area (Å²) in [5.41, 5.74) is 9.82. The van der Waals surface area contributed by atoms with Crippen LogP contribution in [0.5, 0.6) is 0 Å². The molecule has 0 radical (unpaired) electrons. The molecule has 14 heavy (non-hydrogen) atoms. The first-order valence-electron chi connectivity index (χ1n) is 5.06. The Bertz CT molecular complexity index is 344. The van der Waals surface area contributed by atoms with Crippen molar-refractivity contribution >= 4 is 11.6 Å². The predicted molar refractivity (Wildman–Crippen MR) is 60.9 cm³/mol. The van der Waals surface area contributed by atoms with Crippen LogP contribution in [0, 0.1) is 13.8 Å². The van der Waals surface area contributed by atoms with Crippen LogP contribution in [0.2, 0.25) is 5.02 Å². The Hall–Kier alpha value is -0.530. The summed E-state index contributed by atoms with van der Waals surface area (Å²) >= 11 is 6.28. The van der Waals surface area contributed by atoms with Crippen molar-refractivity contribution in [2.75, 3.05) is 6.54 Å². The molecule has 0 bridgehead atoms. The molecule has 0 saturated heterocycles. The highest BCUT2D eigenvalue weighted by atomic mass is 35.5. The monoisotopic (exact) mass is 209 g/mol. The normalized spacial score (nSPS) is 18.3. The fourth-order valence-corrected chi connectivity index (χ4v) is 2.82. The van der Waals surface area contributed by atoms with Crippen molar-refractivity contribution in [2.24, 2.45) is 5.73 Å². The highest BCUT2D eigenvalue weighted by Crippen LogP contribution is 2.50. The second kappa shape index (κ2) is 3.25. The SMILES string of the molecule is Cc1cc(C)c(C2(CN)CC2)c(Cl)c1. The van der Waals surface area contributed by atoms with Crippen LogP contribution in [0.3, 0.4) is 0 Å². The van der Waals surface area contributed by atoms with Gasteiger partial charge >= 0.3 is 0 Å². The minimum absolute atomic E-state index is 0.203. The lowest BCUT2D eigenvalue weighted by molar-refractivity contribution is 0.699. The molecular weight excluding hydrogens is 194 g/mol. The molecule has 2 N–H and O–H groups in total. The van der Waals surface area contributed by atoms with Gasteiger partial charge < -0.3 is 5.73 Å². The largest absolute Gasteiger partial charge is 0.330 e. The summed E-state index contributed by atoms with van der Waals surface area (Å²) in [6.45, 7) is 4.92. The van der Waals surface area contributed by atoms with Crippen LogP contribution in [0.4, 0.5) is 0 Å². The number of hydrogen-bond acceptors (Lipinski definition) is 1. The van der Waals surface area contributed by atoms with Crippen molar-refractivity contribution < 1.29 is 0 Å². The maximum atomic E-state index is 6.28. The summed E-state index contributed by atoms with van der Waals surface area (Å²) in [5, 5.41) is 0.894. The lowest BCUT2D eigenvalue weighted by Gasteiger charge is -2.18. The van der Waals surface area contributed by atoms with Crippen molar-refractivity contribution in [1.29, 1.82) is 0 Å². The average molecular weight is 210 g/mol. The van der Waals surface area contributed by atoms with Crippen molar-refractivity contribution in [3.8, 4) is 0 Å². The van der Waals surface area contributed by atoms with Crippen LogP contribution < -0.4 is 5.73 Å². The van der Waals surface area contributed by atoms with Crippen molar-refractivity contribution in [3.05, 3.63) is 33.8 Å². The number of halogens is 1. The average Bonchev–Trinajstić information content (AvgIpc) is 2.83. The fraction of sp³-hybridized carbons (Fsp3) is 0.500. The van der Waals surface area contributed by atoms with E-state index in [9.17, 15) is 0 Å². The molecule has 2 rings (SSSR count). The number of rotatable bonds is 2. The van der Waals surface area contributed by atoms with Crippen LogP contribution in [0.1, 0.15) is 29.5 Å². The lowest BCUT2D eigenvalue weighted by Crippen LogP contribution is -2.21. The zero-order valence-electron chi connectivity index (χ0n) is 8.73. The molecule has 0 atom stereocenters. The standard InChI is InChI=1S/C12H16ClN/c1-8-5-9(2)11(10(13)6-8)12(7-14)3-4-12/h5-6H,3-4,7,14H2,1-2H3. The number of benzene rings is 1. The van der Waals surface area contributed by atoms with E-state index in [0.717, 1.165) is 11.6 Å². The molecule has 76 valence electrons. The van der Waals surface area contributed by atoms with Gasteiger partial charge in [-0.25, -0.2) is 0 Å². The van der Waals surface area contributed by atoms with Gasteiger partial charge in [-0.05, 0) is 49.4 Å². The Balaban J connectivity index is 2.53. The first-order valence-corrected chi connectivity index (χ1v) is 5.44. The second-order valence-corrected chi connectivity index (χ2v) is 4.83. The molecule has 0 spiro atoms. The summed E-state index contributed by atoms with van der Waals surface area (Å²) in [6, 6.07) is 4.23. The van der Waals surface area contributed by atoms with Crippen LogP contribution >= 0.6 is 11.6 Å². The maximum absolute atomic E-state index is 6.28. The highest BCUT2D eigenvalue weighted by molar-refractivity contribution is 6.31. The summed E-state index contributed by atoms with van der Waals surface area (Å²) in [4.78, 5) is 0. The van der Waals surface area contributed by atoms with Gasteiger partial charge in [0.05, 0.1) is 0 Å². The second-order valence-electron chi connectivity index (χ2n) is 4.42. The number of hydrogen-bond donors (Lipinski definition) is 1. The Labute approximate surface area is 90.3 Å². The molecule has 0 heterocycles. The molecule has 1 aromatic carbocycles. The van der Waals surface area contributed by atoms with E-state index in [2.05, 4.69) is 19.9 Å². The van der Waals surface area contributed by atoms with E-state index in [-0.39, 0.29) is 5.41 Å². The van der Waals surface area contributed by atoms with Crippen LogP contribution in [0.25, 0.3) is 0 Å². The zero-order valence-corrected chi connectivity index (χ0v) is 9.49. The third kappa shape index (κ3) is 1.45. The van der Waals surface area contributed by atoms with Crippen molar-refractivity contribution in [2.45, 2.75) is 32.1 Å². The van der Waals surface area contributed by atoms with Crippen molar-refractivity contribution in [3.63, 3.8) is 0 Å². The molecule has 1 saturated carbocycles. The first kappa shape index (κ1) is 10.0. The van der Waals surface area contributed by atoms with E-state index >= 15 is 0 Å². The van der Waals surface area contributed by atoms with Gasteiger partial charge in [0.2, 0.25) is 0 Å². The van der Waals surface area contributed by atoms with Crippen LogP contribution in [0.15, 0.2) is 12.1 Å². The molecule has 0 amide bonds. The van der Waals surface area contributed by atoms with Gasteiger partial charge in [-0.2, -0.15) is 0 Å². The third-order valence-electron chi connectivity index (χ3n) is 3.21. The van der Waals surface area contributed by atoms with Gasteiger partial charge in [0.15, 0.2) is 0 Å². The quantitative estimate of drug-likeness (QED) is 0.797. The van der Waals surface area contributed by atoms with Crippen LogP contribution in [-0.4, -0.2) is 6.54 Å². The van der Waals surface area contributed by atoms with Gasteiger partial charge in [0.1, 0.15) is 0 Å². The van der Waals surface area contributed by atoms with Gasteiger partial charge in [-0.15, -0.1) is 0 Å². The number of aryl methyl sites for hydroxylation is 2. The van der Waals surface area contributed by atoms with E-state index < -0.39 is 0 Å². The summed E-state index contributed by atoms with van der Waals surface area (Å²) in [5.74, 6) is 0. The lowest BCUT2D eigenvalue weighted by atomic mass is 9.91. The molecule has 0 unspecified atom stereocenters. The summed E-state index contributed by atoms with van der Waals surface area (Å²) in [6.07, 6.45) is 2.38. The van der Waals surface area contributed by atoms with Gasteiger partial charge in [-0.1, -0.05) is 17.7 Å². The molecule has 0 aromatic heterocycles. The molecule has 1 aromatic rings. The summed E-state index contributed by atoms with van der Waals surface area (Å²) in [7, 11) is 0. The molecule has 0 aliphatic heterocycles. The van der Waals surface area contributed by atoms with Gasteiger partial charge in [0, 0.05) is 17.0 Å². The molecule has 1 fully saturated rings. The van der Waals surface area contributed by atoms with E-state index in [1.165, 1.54) is 29.5 Å². The predicted octanol–water partition coefficient (Wildman–Crippen LogP) is 2.95. The maximum Gasteiger partial charge on any atom is 0.0449 e. The Morgan fingerprint density at radius 3 is 2.43 bits per heavy atom. The highest BCUT2D eigenvalue weighted by Gasteiger charge is 2.45. The third-order valence-corrected chi connectivity index (χ3v) is 3.50. The van der Waals surface area contributed by atoms with Gasteiger partial charge in [-0.3, -0.25) is 0 Å². The molecular formula is C12H16ClN. The van der Waals surface area contributed by atoms with Gasteiger partial charge in [0.25, 0.3) is 0 Å². The smallest absolute Gasteiger partial charge is 0.0449 e. The van der Waals surface area contributed by atoms with E-state index in [4.69, 9.17) is 17.3 Å². The van der Waals surface area contributed by atoms with E-state index in [1.54, 1.807) is 0 Å². The van der Waals surface area contributed by atoms with Crippen molar-refractivity contribution in [1.82, 2.24) is 0 Å². The molecule has 2 heteroatoms. The van der Waals surface area contributed by atoms with Crippen LogP contribution in [-0.2, 0) is 5.41 Å². The molecule has 1 aliphatic rings. The topological polar surface area (TPSA) is 26.0 Å². The number of nitrogens with two attached hydrogens (primary N) is 1. The first-order chi connectivity index (χ1) is 6.59. The molecule has 1 aliphatic carbocycles. The molecule has 1 nitrogen and oxygen atoms in total. The Morgan fingerprint density at radius 2 is 2.00 bits per heavy atom.